The van der Waals surface area contributed by atoms with Crippen molar-refractivity contribution in [3.63, 3.8) is 0 Å². The van der Waals surface area contributed by atoms with Gasteiger partial charge in [0.15, 0.2) is 10.9 Å². The second kappa shape index (κ2) is 8.19. The molecule has 28 heavy (non-hydrogen) atoms. The highest BCUT2D eigenvalue weighted by Crippen LogP contribution is 2.21. The molecular weight excluding hydrogens is 406 g/mol. The Hall–Kier alpha value is -3.24. The highest BCUT2D eigenvalue weighted by Gasteiger charge is 2.15. The summed E-state index contributed by atoms with van der Waals surface area (Å²) in [6.07, 6.45) is 3.13. The number of amides is 1. The Bertz CT molecular complexity index is 1060. The maximum atomic E-state index is 12.3. The number of hydrogen-bond acceptors (Lipinski definition) is 6. The van der Waals surface area contributed by atoms with Crippen molar-refractivity contribution in [2.24, 2.45) is 0 Å². The zero-order valence-electron chi connectivity index (χ0n) is 14.5. The number of nitro groups is 1. The number of halogens is 1. The smallest absolute Gasteiger partial charge is 0.293 e. The van der Waals surface area contributed by atoms with Gasteiger partial charge in [0.25, 0.3) is 11.6 Å². The third-order valence-electron chi connectivity index (χ3n) is 3.71. The van der Waals surface area contributed by atoms with E-state index in [-0.39, 0.29) is 16.6 Å². The third kappa shape index (κ3) is 4.72. The molecule has 0 unspecified atom stereocenters. The molecule has 1 aromatic carbocycles. The monoisotopic (exact) mass is 419 g/mol. The van der Waals surface area contributed by atoms with Crippen LogP contribution in [0.25, 0.3) is 0 Å². The number of nitro benzene ring substituents is 1. The highest BCUT2D eigenvalue weighted by atomic mass is 35.5. The molecule has 0 spiro atoms. The molecule has 0 aliphatic rings. The molecule has 0 bridgehead atoms. The summed E-state index contributed by atoms with van der Waals surface area (Å²) in [7, 11) is 0. The Balaban J connectivity index is 1.62. The first-order valence-electron chi connectivity index (χ1n) is 7.96. The van der Waals surface area contributed by atoms with Gasteiger partial charge in [-0.3, -0.25) is 24.9 Å². The number of benzene rings is 1. The summed E-state index contributed by atoms with van der Waals surface area (Å²) >= 11 is 10.9. The lowest BCUT2D eigenvalue weighted by Gasteiger charge is -2.10. The maximum absolute atomic E-state index is 12.3. The molecule has 0 radical (unpaired) electrons. The SMILES string of the molecule is Cc1ccc([N+](=O)[O-])cc1NC(=S)NC(=O)c1ccc(Cn2cc(Cl)cn2)o1. The molecule has 2 aromatic heterocycles. The lowest BCUT2D eigenvalue weighted by Crippen LogP contribution is -2.34. The first-order valence-corrected chi connectivity index (χ1v) is 8.74. The van der Waals surface area contributed by atoms with Crippen LogP contribution in [-0.2, 0) is 6.54 Å². The lowest BCUT2D eigenvalue weighted by atomic mass is 10.2. The van der Waals surface area contributed by atoms with E-state index in [1.54, 1.807) is 29.9 Å². The van der Waals surface area contributed by atoms with Crippen molar-refractivity contribution in [1.29, 1.82) is 0 Å². The zero-order chi connectivity index (χ0) is 20.3. The zero-order valence-corrected chi connectivity index (χ0v) is 16.1. The average Bonchev–Trinajstić information content (AvgIpc) is 3.26. The van der Waals surface area contributed by atoms with E-state index in [9.17, 15) is 14.9 Å². The number of nitrogens with zero attached hydrogens (tertiary/aromatic N) is 3. The minimum absolute atomic E-state index is 0.00888. The number of thiocarbonyl (C=S) groups is 1. The second-order valence-electron chi connectivity index (χ2n) is 5.79. The molecule has 0 aliphatic heterocycles. The molecular formula is C17H14ClN5O4S. The molecule has 1 amide bonds. The van der Waals surface area contributed by atoms with Crippen LogP contribution < -0.4 is 10.6 Å². The molecule has 11 heteroatoms. The van der Waals surface area contributed by atoms with Gasteiger partial charge in [0.2, 0.25) is 0 Å². The average molecular weight is 420 g/mol. The van der Waals surface area contributed by atoms with E-state index in [1.165, 1.54) is 24.4 Å². The quantitative estimate of drug-likeness (QED) is 0.369. The standard InChI is InChI=1S/C17H14ClN5O4S/c1-10-2-3-12(23(25)26)6-14(10)20-17(28)21-16(24)15-5-4-13(27-15)9-22-8-11(18)7-19-22/h2-8H,9H2,1H3,(H2,20,21,24,28). The van der Waals surface area contributed by atoms with E-state index >= 15 is 0 Å². The summed E-state index contributed by atoms with van der Waals surface area (Å²) in [6.45, 7) is 2.08. The summed E-state index contributed by atoms with van der Waals surface area (Å²) in [5.74, 6) is 0.0248. The van der Waals surface area contributed by atoms with Gasteiger partial charge in [0.05, 0.1) is 22.7 Å². The van der Waals surface area contributed by atoms with Crippen molar-refractivity contribution in [2.45, 2.75) is 13.5 Å². The maximum Gasteiger partial charge on any atom is 0.293 e. The molecule has 0 fully saturated rings. The Labute approximate surface area is 169 Å². The Morgan fingerprint density at radius 3 is 2.86 bits per heavy atom. The number of nitrogens with one attached hydrogen (secondary N) is 2. The molecule has 144 valence electrons. The van der Waals surface area contributed by atoms with Gasteiger partial charge < -0.3 is 9.73 Å². The van der Waals surface area contributed by atoms with Gasteiger partial charge in [-0.1, -0.05) is 17.7 Å². The van der Waals surface area contributed by atoms with E-state index in [4.69, 9.17) is 28.2 Å². The Kier molecular flexibility index (Phi) is 5.71. The van der Waals surface area contributed by atoms with Crippen LogP contribution in [0.2, 0.25) is 5.02 Å². The summed E-state index contributed by atoms with van der Waals surface area (Å²) in [4.78, 5) is 22.7. The van der Waals surface area contributed by atoms with Gasteiger partial charge in [-0.25, -0.2) is 0 Å². The minimum atomic E-state index is -0.551. The normalized spacial score (nSPS) is 10.5. The predicted octanol–water partition coefficient (Wildman–Crippen LogP) is 3.52. The fourth-order valence-electron chi connectivity index (χ4n) is 2.35. The van der Waals surface area contributed by atoms with E-state index in [2.05, 4.69) is 15.7 Å². The third-order valence-corrected chi connectivity index (χ3v) is 4.11. The lowest BCUT2D eigenvalue weighted by molar-refractivity contribution is -0.384. The number of anilines is 1. The van der Waals surface area contributed by atoms with Crippen molar-refractivity contribution in [1.82, 2.24) is 15.1 Å². The van der Waals surface area contributed by atoms with Gasteiger partial charge in [-0.2, -0.15) is 5.10 Å². The predicted molar refractivity (Wildman–Crippen MR) is 107 cm³/mol. The number of aromatic nitrogens is 2. The van der Waals surface area contributed by atoms with E-state index in [0.717, 1.165) is 5.56 Å². The molecule has 2 N–H and O–H groups in total. The highest BCUT2D eigenvalue weighted by molar-refractivity contribution is 7.80. The van der Waals surface area contributed by atoms with Crippen LogP contribution in [0.5, 0.6) is 0 Å². The largest absolute Gasteiger partial charge is 0.454 e. The van der Waals surface area contributed by atoms with Gasteiger partial charge >= 0.3 is 0 Å². The molecule has 3 rings (SSSR count). The van der Waals surface area contributed by atoms with Crippen molar-refractivity contribution in [3.05, 3.63) is 74.9 Å². The van der Waals surface area contributed by atoms with Crippen molar-refractivity contribution in [3.8, 4) is 0 Å². The van der Waals surface area contributed by atoms with Crippen molar-refractivity contribution in [2.75, 3.05) is 5.32 Å². The number of rotatable bonds is 5. The van der Waals surface area contributed by atoms with Crippen LogP contribution >= 0.6 is 23.8 Å². The molecule has 0 saturated heterocycles. The Morgan fingerprint density at radius 1 is 1.39 bits per heavy atom. The second-order valence-corrected chi connectivity index (χ2v) is 6.63. The molecule has 0 aliphatic carbocycles. The van der Waals surface area contributed by atoms with Crippen LogP contribution in [0, 0.1) is 17.0 Å². The van der Waals surface area contributed by atoms with Crippen molar-refractivity contribution < 1.29 is 14.1 Å². The molecule has 2 heterocycles. The number of non-ortho nitro benzene ring substituents is 1. The van der Waals surface area contributed by atoms with Crippen LogP contribution in [0.15, 0.2) is 47.1 Å². The van der Waals surface area contributed by atoms with Crippen LogP contribution in [0.1, 0.15) is 21.9 Å². The summed E-state index contributed by atoms with van der Waals surface area (Å²) < 4.78 is 7.06. The van der Waals surface area contributed by atoms with Gasteiger partial charge in [-0.05, 0) is 36.8 Å². The van der Waals surface area contributed by atoms with Gasteiger partial charge in [-0.15, -0.1) is 0 Å². The summed E-state index contributed by atoms with van der Waals surface area (Å²) in [5, 5.41) is 20.7. The molecule has 9 nitrogen and oxygen atoms in total. The number of carbonyl (C=O) groups excluding carboxylic acids is 1. The fourth-order valence-corrected chi connectivity index (χ4v) is 2.70. The number of furan rings is 1. The van der Waals surface area contributed by atoms with Gasteiger partial charge in [0, 0.05) is 24.0 Å². The minimum Gasteiger partial charge on any atom is -0.454 e. The molecule has 0 atom stereocenters. The topological polar surface area (TPSA) is 115 Å². The number of carbonyl (C=O) groups is 1. The number of aryl methyl sites for hydroxylation is 1. The number of hydrogen-bond donors (Lipinski definition) is 2. The van der Waals surface area contributed by atoms with E-state index in [1.807, 2.05) is 0 Å². The van der Waals surface area contributed by atoms with E-state index < -0.39 is 10.8 Å². The van der Waals surface area contributed by atoms with Crippen LogP contribution in [0.4, 0.5) is 11.4 Å². The Morgan fingerprint density at radius 2 is 2.18 bits per heavy atom. The van der Waals surface area contributed by atoms with Crippen LogP contribution in [0.3, 0.4) is 0 Å². The summed E-state index contributed by atoms with van der Waals surface area (Å²) in [5.41, 5.74) is 1.08. The van der Waals surface area contributed by atoms with Gasteiger partial charge in [0.1, 0.15) is 5.76 Å². The van der Waals surface area contributed by atoms with Crippen molar-refractivity contribution >= 4 is 46.2 Å². The molecule has 3 aromatic rings. The first-order chi connectivity index (χ1) is 13.3. The fraction of sp³-hybridized carbons (Fsp3) is 0.118. The van der Waals surface area contributed by atoms with E-state index in [0.29, 0.717) is 23.0 Å². The van der Waals surface area contributed by atoms with Crippen LogP contribution in [-0.4, -0.2) is 25.7 Å². The summed E-state index contributed by atoms with van der Waals surface area (Å²) in [6, 6.07) is 7.47. The first kappa shape index (κ1) is 19.5. The molecule has 0 saturated carbocycles.